The quantitative estimate of drug-likeness (QED) is 0.689. The van der Waals surface area contributed by atoms with E-state index in [1.54, 1.807) is 12.1 Å². The zero-order chi connectivity index (χ0) is 17.8. The highest BCUT2D eigenvalue weighted by Gasteiger charge is 2.32. The van der Waals surface area contributed by atoms with Crippen molar-refractivity contribution in [2.75, 3.05) is 0 Å². The Balaban J connectivity index is 1.62. The SMILES string of the molecule is CC(C)c1ccc(CN(C(=O)CCc2ccccc2F)C2CC2)cc1. The molecule has 1 aliphatic rings. The van der Waals surface area contributed by atoms with Crippen LogP contribution in [0.15, 0.2) is 48.5 Å². The Bertz CT molecular complexity index is 719. The Morgan fingerprint density at radius 1 is 1.12 bits per heavy atom. The fraction of sp³-hybridized carbons (Fsp3) is 0.409. The van der Waals surface area contributed by atoms with Gasteiger partial charge in [-0.1, -0.05) is 56.3 Å². The number of benzene rings is 2. The normalized spacial score (nSPS) is 13.9. The van der Waals surface area contributed by atoms with E-state index < -0.39 is 0 Å². The molecule has 25 heavy (non-hydrogen) atoms. The third-order valence-corrected chi connectivity index (χ3v) is 4.87. The number of nitrogens with zero attached hydrogens (tertiary/aromatic N) is 1. The molecule has 0 spiro atoms. The molecule has 0 saturated heterocycles. The second-order valence-electron chi connectivity index (χ2n) is 7.24. The van der Waals surface area contributed by atoms with Crippen molar-refractivity contribution in [2.24, 2.45) is 0 Å². The first-order valence-electron chi connectivity index (χ1n) is 9.16. The van der Waals surface area contributed by atoms with E-state index in [-0.39, 0.29) is 11.7 Å². The van der Waals surface area contributed by atoms with Crippen LogP contribution in [-0.2, 0) is 17.8 Å². The van der Waals surface area contributed by atoms with E-state index in [0.29, 0.717) is 36.9 Å². The maximum atomic E-state index is 13.7. The number of hydrogen-bond acceptors (Lipinski definition) is 1. The van der Waals surface area contributed by atoms with Gasteiger partial charge in [0.25, 0.3) is 0 Å². The van der Waals surface area contributed by atoms with Gasteiger partial charge in [-0.05, 0) is 47.9 Å². The van der Waals surface area contributed by atoms with E-state index in [4.69, 9.17) is 0 Å². The minimum atomic E-state index is -0.224. The first-order chi connectivity index (χ1) is 12.0. The van der Waals surface area contributed by atoms with Gasteiger partial charge in [-0.25, -0.2) is 4.39 Å². The topological polar surface area (TPSA) is 20.3 Å². The minimum absolute atomic E-state index is 0.124. The lowest BCUT2D eigenvalue weighted by Gasteiger charge is -2.23. The molecule has 0 N–H and O–H groups in total. The molecule has 0 atom stereocenters. The molecule has 3 heteroatoms. The number of carbonyl (C=O) groups excluding carboxylic acids is 1. The summed E-state index contributed by atoms with van der Waals surface area (Å²) in [6.07, 6.45) is 2.98. The van der Waals surface area contributed by atoms with Crippen molar-refractivity contribution < 1.29 is 9.18 Å². The molecule has 1 amide bonds. The molecule has 2 aromatic carbocycles. The highest BCUT2D eigenvalue weighted by molar-refractivity contribution is 5.77. The van der Waals surface area contributed by atoms with E-state index in [2.05, 4.69) is 38.1 Å². The van der Waals surface area contributed by atoms with Gasteiger partial charge >= 0.3 is 0 Å². The van der Waals surface area contributed by atoms with Crippen LogP contribution in [0.3, 0.4) is 0 Å². The van der Waals surface area contributed by atoms with Crippen molar-refractivity contribution in [3.8, 4) is 0 Å². The predicted octanol–water partition coefficient (Wildman–Crippen LogP) is 5.07. The van der Waals surface area contributed by atoms with Crippen LogP contribution in [0.5, 0.6) is 0 Å². The average Bonchev–Trinajstić information content (AvgIpc) is 3.44. The molecule has 0 unspecified atom stereocenters. The molecular weight excluding hydrogens is 313 g/mol. The van der Waals surface area contributed by atoms with Gasteiger partial charge in [-0.2, -0.15) is 0 Å². The number of amides is 1. The maximum absolute atomic E-state index is 13.7. The summed E-state index contributed by atoms with van der Waals surface area (Å²) in [6, 6.07) is 15.6. The van der Waals surface area contributed by atoms with E-state index in [0.717, 1.165) is 18.4 Å². The largest absolute Gasteiger partial charge is 0.335 e. The molecule has 1 aliphatic carbocycles. The van der Waals surface area contributed by atoms with Crippen LogP contribution in [0, 0.1) is 5.82 Å². The first kappa shape index (κ1) is 17.7. The predicted molar refractivity (Wildman–Crippen MR) is 98.8 cm³/mol. The Kier molecular flexibility index (Phi) is 5.52. The molecule has 132 valence electrons. The van der Waals surface area contributed by atoms with Crippen LogP contribution in [0.25, 0.3) is 0 Å². The second kappa shape index (κ2) is 7.81. The lowest BCUT2D eigenvalue weighted by atomic mass is 10.0. The molecule has 1 fully saturated rings. The molecule has 0 radical (unpaired) electrons. The number of rotatable bonds is 7. The molecule has 0 bridgehead atoms. The van der Waals surface area contributed by atoms with Crippen molar-refractivity contribution in [2.45, 2.75) is 58.0 Å². The fourth-order valence-electron chi connectivity index (χ4n) is 3.10. The lowest BCUT2D eigenvalue weighted by Crippen LogP contribution is -2.32. The Morgan fingerprint density at radius 2 is 1.80 bits per heavy atom. The average molecular weight is 339 g/mol. The Hall–Kier alpha value is -2.16. The van der Waals surface area contributed by atoms with Crippen LogP contribution in [0.4, 0.5) is 4.39 Å². The first-order valence-corrected chi connectivity index (χ1v) is 9.16. The molecule has 3 rings (SSSR count). The van der Waals surface area contributed by atoms with Crippen molar-refractivity contribution in [1.29, 1.82) is 0 Å². The number of halogens is 1. The number of aryl methyl sites for hydroxylation is 1. The summed E-state index contributed by atoms with van der Waals surface area (Å²) in [7, 11) is 0. The van der Waals surface area contributed by atoms with Gasteiger partial charge in [0.15, 0.2) is 0 Å². The van der Waals surface area contributed by atoms with Gasteiger partial charge in [0.1, 0.15) is 5.82 Å². The summed E-state index contributed by atoms with van der Waals surface area (Å²) in [4.78, 5) is 14.7. The van der Waals surface area contributed by atoms with Crippen LogP contribution in [0.1, 0.15) is 55.7 Å². The standard InChI is InChI=1S/C22H26FNO/c1-16(2)18-9-7-17(8-10-18)15-24(20-12-13-20)22(25)14-11-19-5-3-4-6-21(19)23/h3-10,16,20H,11-15H2,1-2H3. The van der Waals surface area contributed by atoms with Crippen LogP contribution in [-0.4, -0.2) is 16.8 Å². The van der Waals surface area contributed by atoms with Crippen molar-refractivity contribution in [3.63, 3.8) is 0 Å². The van der Waals surface area contributed by atoms with E-state index >= 15 is 0 Å². The minimum Gasteiger partial charge on any atom is -0.335 e. The molecule has 2 nitrogen and oxygen atoms in total. The smallest absolute Gasteiger partial charge is 0.223 e. The second-order valence-corrected chi connectivity index (χ2v) is 7.24. The van der Waals surface area contributed by atoms with Crippen LogP contribution >= 0.6 is 0 Å². The van der Waals surface area contributed by atoms with Gasteiger partial charge in [-0.3, -0.25) is 4.79 Å². The third kappa shape index (κ3) is 4.68. The fourth-order valence-corrected chi connectivity index (χ4v) is 3.10. The summed E-state index contributed by atoms with van der Waals surface area (Å²) < 4.78 is 13.7. The molecular formula is C22H26FNO. The summed E-state index contributed by atoms with van der Waals surface area (Å²) in [5.41, 5.74) is 3.09. The number of carbonyl (C=O) groups is 1. The Labute approximate surface area is 149 Å². The van der Waals surface area contributed by atoms with Crippen molar-refractivity contribution in [1.82, 2.24) is 4.90 Å². The van der Waals surface area contributed by atoms with Gasteiger partial charge < -0.3 is 4.90 Å². The van der Waals surface area contributed by atoms with Crippen LogP contribution in [0.2, 0.25) is 0 Å². The highest BCUT2D eigenvalue weighted by Crippen LogP contribution is 2.29. The van der Waals surface area contributed by atoms with E-state index in [1.807, 2.05) is 11.0 Å². The van der Waals surface area contributed by atoms with Gasteiger partial charge in [0.05, 0.1) is 0 Å². The van der Waals surface area contributed by atoms with Gasteiger partial charge in [-0.15, -0.1) is 0 Å². The maximum Gasteiger partial charge on any atom is 0.223 e. The summed E-state index contributed by atoms with van der Waals surface area (Å²) in [5, 5.41) is 0. The zero-order valence-corrected chi connectivity index (χ0v) is 15.0. The number of hydrogen-bond donors (Lipinski definition) is 0. The summed E-state index contributed by atoms with van der Waals surface area (Å²) in [5.74, 6) is 0.409. The van der Waals surface area contributed by atoms with Crippen molar-refractivity contribution in [3.05, 3.63) is 71.0 Å². The molecule has 0 aliphatic heterocycles. The van der Waals surface area contributed by atoms with Gasteiger partial charge in [0.2, 0.25) is 5.91 Å². The molecule has 2 aromatic rings. The van der Waals surface area contributed by atoms with E-state index in [1.165, 1.54) is 11.6 Å². The lowest BCUT2D eigenvalue weighted by molar-refractivity contribution is -0.132. The van der Waals surface area contributed by atoms with E-state index in [9.17, 15) is 9.18 Å². The van der Waals surface area contributed by atoms with Gasteiger partial charge in [0, 0.05) is 19.0 Å². The summed E-state index contributed by atoms with van der Waals surface area (Å²) >= 11 is 0. The monoisotopic (exact) mass is 339 g/mol. The molecule has 0 heterocycles. The van der Waals surface area contributed by atoms with Crippen molar-refractivity contribution >= 4 is 5.91 Å². The molecule has 0 aromatic heterocycles. The molecule has 1 saturated carbocycles. The highest BCUT2D eigenvalue weighted by atomic mass is 19.1. The zero-order valence-electron chi connectivity index (χ0n) is 15.0. The third-order valence-electron chi connectivity index (χ3n) is 4.87. The Morgan fingerprint density at radius 3 is 2.40 bits per heavy atom. The van der Waals surface area contributed by atoms with Crippen LogP contribution < -0.4 is 0 Å². The summed E-state index contributed by atoms with van der Waals surface area (Å²) in [6.45, 7) is 5.01.